The minimum Gasteiger partial charge on any atom is -0.482 e. The molecular weight excluding hydrogens is 415 g/mol. The van der Waals surface area contributed by atoms with E-state index in [2.05, 4.69) is 4.90 Å². The number of carboxylic acid groups (broad SMARTS) is 1. The van der Waals surface area contributed by atoms with Gasteiger partial charge in [-0.25, -0.2) is 0 Å². The summed E-state index contributed by atoms with van der Waals surface area (Å²) in [6.45, 7) is 3.59. The highest BCUT2D eigenvalue weighted by Gasteiger charge is 2.21. The summed E-state index contributed by atoms with van der Waals surface area (Å²) in [5.74, 6) is -0.655. The molecule has 0 spiro atoms. The lowest BCUT2D eigenvalue weighted by atomic mass is 10.1. The van der Waals surface area contributed by atoms with E-state index in [1.165, 1.54) is 5.56 Å². The monoisotopic (exact) mass is 436 g/mol. The van der Waals surface area contributed by atoms with E-state index in [4.69, 9.17) is 33.0 Å². The van der Waals surface area contributed by atoms with Crippen LogP contribution in [0.2, 0.25) is 10.0 Å². The molecule has 0 unspecified atom stereocenters. The molecule has 1 N–H and O–H groups in total. The van der Waals surface area contributed by atoms with Gasteiger partial charge in [0.2, 0.25) is 0 Å². The maximum absolute atomic E-state index is 12.4. The zero-order valence-electron chi connectivity index (χ0n) is 15.8. The van der Waals surface area contributed by atoms with Gasteiger partial charge in [-0.15, -0.1) is 0 Å². The van der Waals surface area contributed by atoms with Crippen LogP contribution in [0.3, 0.4) is 0 Å². The molecule has 1 amide bonds. The molecule has 0 aromatic heterocycles. The molecule has 0 radical (unpaired) electrons. The van der Waals surface area contributed by atoms with Crippen LogP contribution in [0.1, 0.15) is 11.1 Å². The third-order valence-electron chi connectivity index (χ3n) is 4.75. The van der Waals surface area contributed by atoms with Crippen molar-refractivity contribution >= 4 is 35.1 Å². The molecule has 8 heteroatoms. The number of carbonyl (C=O) groups is 2. The molecule has 0 aliphatic carbocycles. The van der Waals surface area contributed by atoms with Crippen molar-refractivity contribution in [1.29, 1.82) is 0 Å². The summed E-state index contributed by atoms with van der Waals surface area (Å²) in [6.07, 6.45) is -0.112. The van der Waals surface area contributed by atoms with Gasteiger partial charge in [-0.3, -0.25) is 14.5 Å². The Hall–Kier alpha value is -2.28. The van der Waals surface area contributed by atoms with E-state index < -0.39 is 5.97 Å². The summed E-state index contributed by atoms with van der Waals surface area (Å²) in [5.41, 5.74) is 1.77. The number of hydrogen-bond acceptors (Lipinski definition) is 4. The van der Waals surface area contributed by atoms with Gasteiger partial charge >= 0.3 is 5.97 Å². The van der Waals surface area contributed by atoms with Crippen LogP contribution >= 0.6 is 23.2 Å². The Balaban J connectivity index is 1.45. The minimum absolute atomic E-state index is 0.0955. The smallest absolute Gasteiger partial charge is 0.307 e. The molecule has 0 bridgehead atoms. The maximum atomic E-state index is 12.4. The van der Waals surface area contributed by atoms with E-state index in [0.717, 1.165) is 24.7 Å². The Bertz CT molecular complexity index is 865. The van der Waals surface area contributed by atoms with Gasteiger partial charge in [0.15, 0.2) is 6.61 Å². The zero-order chi connectivity index (χ0) is 20.8. The average Bonchev–Trinajstić information content (AvgIpc) is 2.69. The second-order valence-corrected chi connectivity index (χ2v) is 7.75. The number of nitrogens with zero attached hydrogens (tertiary/aromatic N) is 2. The SMILES string of the molecule is O=C(O)Cc1ccc(OCC(=O)N2CCN(Cc3ccc(Cl)cc3)CC2)c(Cl)c1. The van der Waals surface area contributed by atoms with Gasteiger partial charge in [0.05, 0.1) is 11.4 Å². The Morgan fingerprint density at radius 3 is 2.24 bits per heavy atom. The summed E-state index contributed by atoms with van der Waals surface area (Å²) in [7, 11) is 0. The molecule has 1 fully saturated rings. The first-order valence-electron chi connectivity index (χ1n) is 9.28. The first kappa shape index (κ1) is 21.4. The second kappa shape index (κ2) is 9.96. The van der Waals surface area contributed by atoms with Crippen molar-refractivity contribution in [2.75, 3.05) is 32.8 Å². The quantitative estimate of drug-likeness (QED) is 0.720. The third kappa shape index (κ3) is 6.35. The van der Waals surface area contributed by atoms with Crippen molar-refractivity contribution in [3.63, 3.8) is 0 Å². The van der Waals surface area contributed by atoms with Crippen molar-refractivity contribution in [3.05, 3.63) is 63.6 Å². The summed E-state index contributed by atoms with van der Waals surface area (Å²) in [5, 5.41) is 9.85. The van der Waals surface area contributed by atoms with Crippen LogP contribution in [-0.4, -0.2) is 59.6 Å². The van der Waals surface area contributed by atoms with Crippen molar-refractivity contribution in [2.24, 2.45) is 0 Å². The van der Waals surface area contributed by atoms with Crippen LogP contribution in [0.4, 0.5) is 0 Å². The van der Waals surface area contributed by atoms with Gasteiger partial charge in [-0.2, -0.15) is 0 Å². The summed E-state index contributed by atoms with van der Waals surface area (Å²) < 4.78 is 5.55. The third-order valence-corrected chi connectivity index (χ3v) is 5.29. The van der Waals surface area contributed by atoms with Gasteiger partial charge < -0.3 is 14.7 Å². The van der Waals surface area contributed by atoms with Gasteiger partial charge in [0.1, 0.15) is 5.75 Å². The average molecular weight is 437 g/mol. The fourth-order valence-electron chi connectivity index (χ4n) is 3.18. The van der Waals surface area contributed by atoms with E-state index in [1.54, 1.807) is 23.1 Å². The number of aliphatic carboxylic acids is 1. The number of hydrogen-bond donors (Lipinski definition) is 1. The predicted octanol–water partition coefficient (Wildman–Crippen LogP) is 3.34. The van der Waals surface area contributed by atoms with Gasteiger partial charge in [0, 0.05) is 37.7 Å². The molecule has 2 aromatic carbocycles. The highest BCUT2D eigenvalue weighted by molar-refractivity contribution is 6.32. The largest absolute Gasteiger partial charge is 0.482 e. The van der Waals surface area contributed by atoms with Crippen LogP contribution in [0.5, 0.6) is 5.75 Å². The summed E-state index contributed by atoms with van der Waals surface area (Å²) in [4.78, 5) is 27.3. The number of ether oxygens (including phenoxy) is 1. The van der Waals surface area contributed by atoms with E-state index in [0.29, 0.717) is 29.4 Å². The lowest BCUT2D eigenvalue weighted by Crippen LogP contribution is -2.49. The summed E-state index contributed by atoms with van der Waals surface area (Å²) >= 11 is 12.0. The molecular formula is C21H22Cl2N2O4. The highest BCUT2D eigenvalue weighted by Crippen LogP contribution is 2.26. The Morgan fingerprint density at radius 2 is 1.62 bits per heavy atom. The van der Waals surface area contributed by atoms with Crippen molar-refractivity contribution in [3.8, 4) is 5.75 Å². The van der Waals surface area contributed by atoms with Crippen LogP contribution in [0.15, 0.2) is 42.5 Å². The number of carbonyl (C=O) groups excluding carboxylic acids is 1. The van der Waals surface area contributed by atoms with Crippen LogP contribution in [0, 0.1) is 0 Å². The number of benzene rings is 2. The zero-order valence-corrected chi connectivity index (χ0v) is 17.3. The molecule has 3 rings (SSSR count). The molecule has 1 aliphatic heterocycles. The van der Waals surface area contributed by atoms with Crippen molar-refractivity contribution in [1.82, 2.24) is 9.80 Å². The van der Waals surface area contributed by atoms with Crippen LogP contribution in [0.25, 0.3) is 0 Å². The number of piperazine rings is 1. The molecule has 6 nitrogen and oxygen atoms in total. The Morgan fingerprint density at radius 1 is 0.966 bits per heavy atom. The van der Waals surface area contributed by atoms with Gasteiger partial charge in [-0.1, -0.05) is 41.4 Å². The molecule has 0 atom stereocenters. The van der Waals surface area contributed by atoms with Gasteiger partial charge in [0.25, 0.3) is 5.91 Å². The lowest BCUT2D eigenvalue weighted by Gasteiger charge is -2.34. The van der Waals surface area contributed by atoms with Crippen molar-refractivity contribution in [2.45, 2.75) is 13.0 Å². The standard InChI is InChI=1S/C21H22Cl2N2O4/c22-17-4-1-15(2-5-17)13-24-7-9-25(10-8-24)20(26)14-29-19-6-3-16(11-18(19)23)12-21(27)28/h1-6,11H,7-10,12-14H2,(H,27,28). The first-order valence-corrected chi connectivity index (χ1v) is 10.0. The van der Waals surface area contributed by atoms with Gasteiger partial charge in [-0.05, 0) is 35.4 Å². The fraction of sp³-hybridized carbons (Fsp3) is 0.333. The van der Waals surface area contributed by atoms with Crippen LogP contribution in [-0.2, 0) is 22.6 Å². The maximum Gasteiger partial charge on any atom is 0.307 e. The normalized spacial score (nSPS) is 14.6. The van der Waals surface area contributed by atoms with E-state index in [-0.39, 0.29) is 18.9 Å². The predicted molar refractivity (Wildman–Crippen MR) is 112 cm³/mol. The molecule has 29 heavy (non-hydrogen) atoms. The molecule has 1 saturated heterocycles. The van der Waals surface area contributed by atoms with Crippen molar-refractivity contribution < 1.29 is 19.4 Å². The number of amides is 1. The molecule has 0 saturated carbocycles. The topological polar surface area (TPSA) is 70.1 Å². The first-order chi connectivity index (χ1) is 13.9. The number of halogens is 2. The number of rotatable bonds is 7. The number of carboxylic acids is 1. The molecule has 154 valence electrons. The van der Waals surface area contributed by atoms with Crippen LogP contribution < -0.4 is 4.74 Å². The second-order valence-electron chi connectivity index (χ2n) is 6.91. The Kier molecular flexibility index (Phi) is 7.36. The molecule has 1 heterocycles. The van der Waals surface area contributed by atoms with E-state index >= 15 is 0 Å². The minimum atomic E-state index is -0.930. The Labute approximate surface area is 179 Å². The molecule has 1 aliphatic rings. The fourth-order valence-corrected chi connectivity index (χ4v) is 3.56. The summed E-state index contributed by atoms with van der Waals surface area (Å²) in [6, 6.07) is 12.6. The lowest BCUT2D eigenvalue weighted by molar-refractivity contribution is -0.136. The van der Waals surface area contributed by atoms with E-state index in [1.807, 2.05) is 24.3 Å². The van der Waals surface area contributed by atoms with E-state index in [9.17, 15) is 9.59 Å². The molecule has 2 aromatic rings. The highest BCUT2D eigenvalue weighted by atomic mass is 35.5.